The van der Waals surface area contributed by atoms with Crippen LogP contribution in [-0.4, -0.2) is 43.3 Å². The van der Waals surface area contributed by atoms with Gasteiger partial charge in [-0.2, -0.15) is 5.26 Å². The Balaban J connectivity index is 1.29. The van der Waals surface area contributed by atoms with Gasteiger partial charge in [0.25, 0.3) is 0 Å². The fourth-order valence-corrected chi connectivity index (χ4v) is 5.25. The summed E-state index contributed by atoms with van der Waals surface area (Å²) in [5.41, 5.74) is -0.0413. The van der Waals surface area contributed by atoms with Crippen LogP contribution in [0.5, 0.6) is 5.88 Å². The van der Waals surface area contributed by atoms with Gasteiger partial charge in [0.05, 0.1) is 35.6 Å². The van der Waals surface area contributed by atoms with Crippen molar-refractivity contribution in [2.45, 2.75) is 32.1 Å². The van der Waals surface area contributed by atoms with Crippen molar-refractivity contribution in [1.29, 1.82) is 5.26 Å². The van der Waals surface area contributed by atoms with Crippen LogP contribution in [0.2, 0.25) is 0 Å². The lowest BCUT2D eigenvalue weighted by Gasteiger charge is -2.27. The zero-order chi connectivity index (χ0) is 29.4. The second-order valence-corrected chi connectivity index (χ2v) is 10.6. The number of hydrogen-bond acceptors (Lipinski definition) is 8. The Morgan fingerprint density at radius 3 is 2.71 bits per heavy atom. The van der Waals surface area contributed by atoms with Gasteiger partial charge in [0.15, 0.2) is 5.82 Å². The number of rotatable bonds is 9. The van der Waals surface area contributed by atoms with Crippen LogP contribution in [0.15, 0.2) is 48.7 Å². The molecule has 1 unspecified atom stereocenters. The summed E-state index contributed by atoms with van der Waals surface area (Å²) in [6.45, 7) is 0.877. The first-order valence-corrected chi connectivity index (χ1v) is 13.6. The van der Waals surface area contributed by atoms with Crippen LogP contribution in [0.25, 0.3) is 22.3 Å². The molecule has 1 aliphatic heterocycles. The van der Waals surface area contributed by atoms with E-state index in [1.807, 2.05) is 6.07 Å². The first-order valence-electron chi connectivity index (χ1n) is 12.8. The fourth-order valence-electron chi connectivity index (χ4n) is 4.62. The van der Waals surface area contributed by atoms with Crippen LogP contribution in [0.4, 0.5) is 13.2 Å². The summed E-state index contributed by atoms with van der Waals surface area (Å²) >= 11 is 1.18. The minimum atomic E-state index is -1.30. The van der Waals surface area contributed by atoms with Gasteiger partial charge in [-0.3, -0.25) is 0 Å². The van der Waals surface area contributed by atoms with Gasteiger partial charge in [-0.05, 0) is 42.3 Å². The number of fused-ring (bicyclic) bond motifs is 1. The number of nitrogens with zero attached hydrogens (tertiary/aromatic N) is 5. The number of carboxylic acids is 1. The van der Waals surface area contributed by atoms with E-state index in [1.165, 1.54) is 29.7 Å². The molecular weight excluding hydrogens is 571 g/mol. The van der Waals surface area contributed by atoms with E-state index in [9.17, 15) is 14.3 Å². The molecule has 0 radical (unpaired) electrons. The molecular formula is C29H20F3N5O4S. The highest BCUT2D eigenvalue weighted by Gasteiger charge is 2.25. The maximum atomic E-state index is 15.4. The van der Waals surface area contributed by atoms with Crippen LogP contribution in [0.3, 0.4) is 0 Å². The predicted molar refractivity (Wildman–Crippen MR) is 145 cm³/mol. The Morgan fingerprint density at radius 2 is 2.00 bits per heavy atom. The van der Waals surface area contributed by atoms with Gasteiger partial charge in [0, 0.05) is 24.7 Å². The number of benzene rings is 2. The maximum absolute atomic E-state index is 15.4. The van der Waals surface area contributed by atoms with Crippen molar-refractivity contribution in [3.63, 3.8) is 0 Å². The van der Waals surface area contributed by atoms with Crippen molar-refractivity contribution in [1.82, 2.24) is 19.5 Å². The molecule has 5 aromatic rings. The molecule has 13 heteroatoms. The highest BCUT2D eigenvalue weighted by Crippen LogP contribution is 2.30. The van der Waals surface area contributed by atoms with E-state index in [4.69, 9.17) is 14.7 Å². The van der Waals surface area contributed by atoms with Gasteiger partial charge in [-0.1, -0.05) is 6.07 Å². The van der Waals surface area contributed by atoms with Gasteiger partial charge in [0.1, 0.15) is 45.5 Å². The van der Waals surface area contributed by atoms with Crippen molar-refractivity contribution in [3.05, 3.63) is 92.9 Å². The van der Waals surface area contributed by atoms with E-state index in [2.05, 4.69) is 15.0 Å². The molecule has 42 heavy (non-hydrogen) atoms. The summed E-state index contributed by atoms with van der Waals surface area (Å²) in [4.78, 5) is 24.7. The monoisotopic (exact) mass is 591 g/mol. The molecule has 212 valence electrons. The smallest absolute Gasteiger partial charge is 0.335 e. The average molecular weight is 592 g/mol. The Bertz CT molecular complexity index is 1880. The van der Waals surface area contributed by atoms with E-state index in [1.54, 1.807) is 16.7 Å². The topological polar surface area (TPSA) is 123 Å². The van der Waals surface area contributed by atoms with Crippen LogP contribution in [0.1, 0.15) is 38.1 Å². The zero-order valence-electron chi connectivity index (χ0n) is 21.7. The molecule has 0 amide bonds. The Kier molecular flexibility index (Phi) is 7.32. The number of aromatic nitrogens is 4. The van der Waals surface area contributed by atoms with E-state index in [0.29, 0.717) is 16.5 Å². The summed E-state index contributed by atoms with van der Waals surface area (Å²) in [6, 6.07) is 10.9. The number of halogens is 3. The Morgan fingerprint density at radius 1 is 1.17 bits per heavy atom. The SMILES string of the molecule is N#Cc1cnc(COc2cccc(-c3cc(F)c(Cc4nc5c(F)cc(C(=O)O)cc5n4CC4CCO4)cc3F)n2)s1. The Hall–Kier alpha value is -4.80. The number of nitriles is 1. The fraction of sp³-hybridized carbons (Fsp3) is 0.207. The number of imidazole rings is 1. The lowest BCUT2D eigenvalue weighted by molar-refractivity contribution is -0.0589. The van der Waals surface area contributed by atoms with Gasteiger partial charge >= 0.3 is 5.97 Å². The molecule has 0 bridgehead atoms. The van der Waals surface area contributed by atoms with Crippen molar-refractivity contribution >= 4 is 28.3 Å². The summed E-state index contributed by atoms with van der Waals surface area (Å²) in [6.07, 6.45) is 1.82. The van der Waals surface area contributed by atoms with Crippen LogP contribution in [-0.2, 0) is 24.3 Å². The summed E-state index contributed by atoms with van der Waals surface area (Å²) in [5, 5.41) is 18.9. The number of carboxylic acid groups (broad SMARTS) is 1. The van der Waals surface area contributed by atoms with E-state index in [0.717, 1.165) is 24.6 Å². The lowest BCUT2D eigenvalue weighted by Crippen LogP contribution is -2.31. The number of hydrogen-bond donors (Lipinski definition) is 1. The minimum Gasteiger partial charge on any atom is -0.478 e. The predicted octanol–water partition coefficient (Wildman–Crippen LogP) is 5.50. The Labute approximate surface area is 240 Å². The van der Waals surface area contributed by atoms with Gasteiger partial charge in [-0.15, -0.1) is 11.3 Å². The molecule has 1 aliphatic rings. The normalized spacial score (nSPS) is 14.5. The van der Waals surface area contributed by atoms with E-state index in [-0.39, 0.29) is 70.8 Å². The lowest BCUT2D eigenvalue weighted by atomic mass is 10.0. The molecule has 1 atom stereocenters. The summed E-state index contributed by atoms with van der Waals surface area (Å²) in [7, 11) is 0. The molecule has 9 nitrogen and oxygen atoms in total. The van der Waals surface area contributed by atoms with Crippen LogP contribution < -0.4 is 4.74 Å². The third-order valence-electron chi connectivity index (χ3n) is 6.80. The number of carbonyl (C=O) groups is 1. The molecule has 0 saturated carbocycles. The van der Waals surface area contributed by atoms with E-state index >= 15 is 8.78 Å². The third kappa shape index (κ3) is 5.41. The third-order valence-corrected chi connectivity index (χ3v) is 7.68. The molecule has 0 spiro atoms. The zero-order valence-corrected chi connectivity index (χ0v) is 22.5. The number of ether oxygens (including phenoxy) is 2. The van der Waals surface area contributed by atoms with Gasteiger partial charge in [0.2, 0.25) is 5.88 Å². The first kappa shape index (κ1) is 27.4. The summed E-state index contributed by atoms with van der Waals surface area (Å²) in [5.74, 6) is -3.18. The molecule has 3 aromatic heterocycles. The maximum Gasteiger partial charge on any atom is 0.335 e. The second-order valence-electron chi connectivity index (χ2n) is 9.53. The van der Waals surface area contributed by atoms with Crippen LogP contribution >= 0.6 is 11.3 Å². The average Bonchev–Trinajstić information content (AvgIpc) is 3.56. The number of pyridine rings is 1. The minimum absolute atomic E-state index is 0.0225. The van der Waals surface area contributed by atoms with E-state index < -0.39 is 23.4 Å². The molecule has 6 rings (SSSR count). The van der Waals surface area contributed by atoms with Crippen LogP contribution in [0, 0.1) is 28.8 Å². The first-order chi connectivity index (χ1) is 20.3. The largest absolute Gasteiger partial charge is 0.478 e. The van der Waals surface area contributed by atoms with Crippen molar-refractivity contribution < 1.29 is 32.5 Å². The van der Waals surface area contributed by atoms with Crippen molar-refractivity contribution in [2.75, 3.05) is 6.61 Å². The number of thiazole rings is 1. The van der Waals surface area contributed by atoms with Crippen molar-refractivity contribution in [2.24, 2.45) is 0 Å². The highest BCUT2D eigenvalue weighted by atomic mass is 32.1. The standard InChI is InChI=1S/C29H20F3N5O4S/c30-20-10-19(23-2-1-3-26(35-23)41-14-27-34-12-18(11-33)42-27)21(31)6-15(20)9-25-36-28-22(32)7-16(29(38)39)8-24(28)37(25)13-17-4-5-40-17/h1-3,6-8,10,12,17H,4-5,9,13-14H2,(H,38,39). The number of aromatic carboxylic acids is 1. The quantitative estimate of drug-likeness (QED) is 0.238. The van der Waals surface area contributed by atoms with Crippen molar-refractivity contribution in [3.8, 4) is 23.2 Å². The molecule has 4 heterocycles. The molecule has 1 saturated heterocycles. The molecule has 2 aromatic carbocycles. The van der Waals surface area contributed by atoms with Gasteiger partial charge in [-0.25, -0.2) is 32.9 Å². The highest BCUT2D eigenvalue weighted by molar-refractivity contribution is 7.12. The molecule has 0 aliphatic carbocycles. The second kappa shape index (κ2) is 11.2. The summed E-state index contributed by atoms with van der Waals surface area (Å²) < 4.78 is 58.3. The van der Waals surface area contributed by atoms with Gasteiger partial charge < -0.3 is 19.1 Å². The molecule has 1 N–H and O–H groups in total. The molecule has 1 fully saturated rings.